The normalized spacial score (nSPS) is 15.2. The summed E-state index contributed by atoms with van der Waals surface area (Å²) in [5.41, 5.74) is 5.70. The van der Waals surface area contributed by atoms with E-state index in [1.54, 1.807) is 0 Å². The van der Waals surface area contributed by atoms with Crippen molar-refractivity contribution in [3.63, 3.8) is 0 Å². The van der Waals surface area contributed by atoms with E-state index < -0.39 is 0 Å². The molecular formula is C16H37N3. The van der Waals surface area contributed by atoms with Crippen LogP contribution in [0.25, 0.3) is 0 Å². The zero-order chi connectivity index (χ0) is 14.7. The minimum Gasteiger partial charge on any atom is -0.330 e. The number of rotatable bonds is 12. The van der Waals surface area contributed by atoms with E-state index in [0.717, 1.165) is 25.6 Å². The van der Waals surface area contributed by atoms with Crippen molar-refractivity contribution < 1.29 is 0 Å². The summed E-state index contributed by atoms with van der Waals surface area (Å²) in [6.07, 6.45) is 6.50. The molecule has 0 aliphatic rings. The van der Waals surface area contributed by atoms with E-state index in [9.17, 15) is 0 Å². The summed E-state index contributed by atoms with van der Waals surface area (Å²) in [7, 11) is 4.31. The molecule has 0 heterocycles. The van der Waals surface area contributed by atoms with Gasteiger partial charge in [-0.25, -0.2) is 0 Å². The second-order valence-corrected chi connectivity index (χ2v) is 6.11. The molecule has 0 radical (unpaired) electrons. The van der Waals surface area contributed by atoms with Gasteiger partial charge < -0.3 is 10.6 Å². The van der Waals surface area contributed by atoms with E-state index in [4.69, 9.17) is 5.73 Å². The minimum atomic E-state index is 0.652. The molecule has 0 rings (SSSR count). The van der Waals surface area contributed by atoms with E-state index in [1.165, 1.54) is 38.6 Å². The molecular weight excluding hydrogens is 234 g/mol. The molecule has 3 heteroatoms. The maximum absolute atomic E-state index is 5.70. The molecule has 0 saturated carbocycles. The van der Waals surface area contributed by atoms with Gasteiger partial charge in [-0.3, -0.25) is 4.90 Å². The summed E-state index contributed by atoms with van der Waals surface area (Å²) in [4.78, 5) is 4.88. The first kappa shape index (κ1) is 18.9. The zero-order valence-electron chi connectivity index (χ0n) is 14.0. The maximum atomic E-state index is 5.70. The van der Waals surface area contributed by atoms with Crippen LogP contribution in [0.2, 0.25) is 0 Å². The quantitative estimate of drug-likeness (QED) is 0.592. The van der Waals surface area contributed by atoms with Gasteiger partial charge in [0, 0.05) is 12.6 Å². The lowest BCUT2D eigenvalue weighted by atomic mass is 9.94. The van der Waals surface area contributed by atoms with Gasteiger partial charge in [0.25, 0.3) is 0 Å². The summed E-state index contributed by atoms with van der Waals surface area (Å²) in [5.74, 6) is 0.845. The lowest BCUT2D eigenvalue weighted by Crippen LogP contribution is -2.40. The van der Waals surface area contributed by atoms with Crippen molar-refractivity contribution in [2.24, 2.45) is 11.7 Å². The molecule has 0 saturated heterocycles. The number of hydrogen-bond acceptors (Lipinski definition) is 3. The van der Waals surface area contributed by atoms with Crippen molar-refractivity contribution in [2.45, 2.75) is 58.9 Å². The number of likely N-dealkylation sites (N-methyl/N-ethyl adjacent to an activating group) is 2. The molecule has 116 valence electrons. The molecule has 0 aromatic heterocycles. The molecule has 2 unspecified atom stereocenters. The zero-order valence-corrected chi connectivity index (χ0v) is 14.0. The fraction of sp³-hybridized carbons (Fsp3) is 1.00. The first-order valence-corrected chi connectivity index (χ1v) is 8.13. The van der Waals surface area contributed by atoms with Crippen LogP contribution in [-0.4, -0.2) is 56.1 Å². The van der Waals surface area contributed by atoms with Crippen LogP contribution in [0, 0.1) is 5.92 Å². The first-order valence-electron chi connectivity index (χ1n) is 8.13. The highest BCUT2D eigenvalue weighted by molar-refractivity contribution is 4.69. The second kappa shape index (κ2) is 11.7. The highest BCUT2D eigenvalue weighted by atomic mass is 15.2. The topological polar surface area (TPSA) is 32.5 Å². The Morgan fingerprint density at radius 3 is 2.21 bits per heavy atom. The number of hydrogen-bond donors (Lipinski definition) is 1. The van der Waals surface area contributed by atoms with Crippen molar-refractivity contribution in [1.82, 2.24) is 9.80 Å². The van der Waals surface area contributed by atoms with E-state index in [-0.39, 0.29) is 0 Å². The Labute approximate surface area is 121 Å². The van der Waals surface area contributed by atoms with Gasteiger partial charge in [0.15, 0.2) is 0 Å². The Morgan fingerprint density at radius 2 is 1.74 bits per heavy atom. The van der Waals surface area contributed by atoms with Crippen LogP contribution in [0.1, 0.15) is 52.9 Å². The number of nitrogens with two attached hydrogens (primary N) is 1. The van der Waals surface area contributed by atoms with Crippen LogP contribution in [0.4, 0.5) is 0 Å². The monoisotopic (exact) mass is 271 g/mol. The molecule has 3 nitrogen and oxygen atoms in total. The van der Waals surface area contributed by atoms with E-state index in [2.05, 4.69) is 44.7 Å². The van der Waals surface area contributed by atoms with Crippen LogP contribution in [-0.2, 0) is 0 Å². The van der Waals surface area contributed by atoms with Gasteiger partial charge in [0.1, 0.15) is 0 Å². The molecule has 0 aliphatic heterocycles. The van der Waals surface area contributed by atoms with Crippen LogP contribution in [0.5, 0.6) is 0 Å². The average Bonchev–Trinajstić information content (AvgIpc) is 2.34. The third-order valence-corrected chi connectivity index (χ3v) is 3.99. The highest BCUT2D eigenvalue weighted by Gasteiger charge is 2.13. The molecule has 0 aromatic carbocycles. The van der Waals surface area contributed by atoms with Crippen LogP contribution < -0.4 is 5.73 Å². The Kier molecular flexibility index (Phi) is 11.6. The Bertz CT molecular complexity index is 188. The standard InChI is InChI=1S/C16H37N3/c1-6-9-16(11-12-17)10-8-13-19(7-2)15(3)14-18(4)5/h15-16H,6-14,17H2,1-5H3. The summed E-state index contributed by atoms with van der Waals surface area (Å²) in [6, 6.07) is 0.652. The largest absolute Gasteiger partial charge is 0.330 e. The van der Waals surface area contributed by atoms with Crippen LogP contribution >= 0.6 is 0 Å². The van der Waals surface area contributed by atoms with E-state index in [0.29, 0.717) is 6.04 Å². The predicted octanol–water partition coefficient (Wildman–Crippen LogP) is 2.80. The smallest absolute Gasteiger partial charge is 0.0194 e. The SMILES string of the molecule is CCCC(CCN)CCCN(CC)C(C)CN(C)C. The van der Waals surface area contributed by atoms with Gasteiger partial charge >= 0.3 is 0 Å². The van der Waals surface area contributed by atoms with Crippen molar-refractivity contribution in [3.8, 4) is 0 Å². The molecule has 0 bridgehead atoms. The second-order valence-electron chi connectivity index (χ2n) is 6.11. The lowest BCUT2D eigenvalue weighted by molar-refractivity contribution is 0.175. The molecule has 0 amide bonds. The maximum Gasteiger partial charge on any atom is 0.0194 e. The third kappa shape index (κ3) is 9.42. The van der Waals surface area contributed by atoms with Gasteiger partial charge in [-0.1, -0.05) is 26.7 Å². The lowest BCUT2D eigenvalue weighted by Gasteiger charge is -2.30. The minimum absolute atomic E-state index is 0.652. The average molecular weight is 271 g/mol. The Balaban J connectivity index is 3.98. The molecule has 2 atom stereocenters. The van der Waals surface area contributed by atoms with Crippen molar-refractivity contribution in [1.29, 1.82) is 0 Å². The Hall–Kier alpha value is -0.120. The predicted molar refractivity (Wildman–Crippen MR) is 86.6 cm³/mol. The molecule has 0 spiro atoms. The molecule has 19 heavy (non-hydrogen) atoms. The van der Waals surface area contributed by atoms with Crippen LogP contribution in [0.3, 0.4) is 0 Å². The Morgan fingerprint density at radius 1 is 1.05 bits per heavy atom. The fourth-order valence-electron chi connectivity index (χ4n) is 2.99. The fourth-order valence-corrected chi connectivity index (χ4v) is 2.99. The molecule has 0 aromatic rings. The summed E-state index contributed by atoms with van der Waals surface area (Å²) < 4.78 is 0. The summed E-state index contributed by atoms with van der Waals surface area (Å²) >= 11 is 0. The summed E-state index contributed by atoms with van der Waals surface area (Å²) in [6.45, 7) is 11.3. The van der Waals surface area contributed by atoms with Crippen molar-refractivity contribution >= 4 is 0 Å². The third-order valence-electron chi connectivity index (χ3n) is 3.99. The molecule has 0 fully saturated rings. The van der Waals surface area contributed by atoms with Gasteiger partial charge in [-0.2, -0.15) is 0 Å². The van der Waals surface area contributed by atoms with E-state index in [1.807, 2.05) is 0 Å². The summed E-state index contributed by atoms with van der Waals surface area (Å²) in [5, 5.41) is 0. The van der Waals surface area contributed by atoms with Gasteiger partial charge in [0.05, 0.1) is 0 Å². The van der Waals surface area contributed by atoms with Crippen LogP contribution in [0.15, 0.2) is 0 Å². The molecule has 0 aliphatic carbocycles. The van der Waals surface area contributed by atoms with Crippen molar-refractivity contribution in [3.05, 3.63) is 0 Å². The van der Waals surface area contributed by atoms with Gasteiger partial charge in [-0.15, -0.1) is 0 Å². The molecule has 2 N–H and O–H groups in total. The van der Waals surface area contributed by atoms with Gasteiger partial charge in [0.2, 0.25) is 0 Å². The number of nitrogens with zero attached hydrogens (tertiary/aromatic N) is 2. The highest BCUT2D eigenvalue weighted by Crippen LogP contribution is 2.17. The van der Waals surface area contributed by atoms with E-state index >= 15 is 0 Å². The first-order chi connectivity index (χ1) is 9.04. The van der Waals surface area contributed by atoms with Gasteiger partial charge in [-0.05, 0) is 65.8 Å². The van der Waals surface area contributed by atoms with Crippen molar-refractivity contribution in [2.75, 3.05) is 40.3 Å².